The van der Waals surface area contributed by atoms with Crippen molar-refractivity contribution in [3.63, 3.8) is 0 Å². The number of carboxylic acid groups (broad SMARTS) is 1. The number of fused-ring (bicyclic) bond motifs is 3. The second kappa shape index (κ2) is 9.94. The number of carboxylic acids is 1. The molecule has 5 nitrogen and oxygen atoms in total. The smallest absolute Gasteiger partial charge is 0.416 e. The Morgan fingerprint density at radius 2 is 1.60 bits per heavy atom. The molecule has 1 aliphatic rings. The molecule has 3 aromatic rings. The first-order valence-electron chi connectivity index (χ1n) is 10.8. The number of hydrogen-bond acceptors (Lipinski definition) is 3. The molecule has 8 heteroatoms. The van der Waals surface area contributed by atoms with Crippen LogP contribution in [-0.4, -0.2) is 30.3 Å². The number of alkyl halides is 3. The quantitative estimate of drug-likeness (QED) is 0.365. The summed E-state index contributed by atoms with van der Waals surface area (Å²) in [5, 5.41) is 11.8. The number of carbonyl (C=O) groups excluding carboxylic acids is 1. The van der Waals surface area contributed by atoms with E-state index < -0.39 is 29.4 Å². The Labute approximate surface area is 199 Å². The van der Waals surface area contributed by atoms with Gasteiger partial charge in [0.1, 0.15) is 6.61 Å². The summed E-state index contributed by atoms with van der Waals surface area (Å²) in [6.07, 6.45) is -5.11. The van der Waals surface area contributed by atoms with Crippen LogP contribution in [0.25, 0.3) is 11.1 Å². The molecule has 4 rings (SSSR count). The Balaban J connectivity index is 1.31. The number of hydrogen-bond donors (Lipinski definition) is 2. The zero-order valence-corrected chi connectivity index (χ0v) is 18.4. The van der Waals surface area contributed by atoms with Gasteiger partial charge in [-0.1, -0.05) is 60.4 Å². The van der Waals surface area contributed by atoms with Crippen LogP contribution in [-0.2, 0) is 10.9 Å². The summed E-state index contributed by atoms with van der Waals surface area (Å²) in [6.45, 7) is 0.297. The normalized spacial score (nSPS) is 12.2. The SMILES string of the molecule is O=C(NCCC#Cc1ccc(C(F)(F)F)cc1C(=O)O)OCC1c2ccccc2-c2ccccc21. The van der Waals surface area contributed by atoms with Gasteiger partial charge in [0.15, 0.2) is 0 Å². The number of carbonyl (C=O) groups is 2. The molecule has 0 aromatic heterocycles. The standard InChI is InChI=1S/C27H20F3NO4/c28-27(29,30)18-13-12-17(23(15-18)25(32)33)7-5-6-14-31-26(34)35-16-24-21-10-3-1-8-19(21)20-9-2-4-11-22(20)24/h1-4,8-13,15,24H,6,14,16H2,(H,31,34)(H,32,33). The van der Waals surface area contributed by atoms with E-state index in [2.05, 4.69) is 17.2 Å². The third kappa shape index (κ3) is 5.30. The fourth-order valence-corrected chi connectivity index (χ4v) is 4.04. The van der Waals surface area contributed by atoms with Gasteiger partial charge in [0.05, 0.1) is 11.1 Å². The van der Waals surface area contributed by atoms with Crippen LogP contribution in [0.4, 0.5) is 18.0 Å². The maximum absolute atomic E-state index is 12.8. The molecule has 0 atom stereocenters. The maximum atomic E-state index is 12.8. The lowest BCUT2D eigenvalue weighted by molar-refractivity contribution is -0.137. The molecule has 3 aromatic carbocycles. The van der Waals surface area contributed by atoms with Gasteiger partial charge in [-0.2, -0.15) is 13.2 Å². The molecule has 1 amide bonds. The predicted molar refractivity (Wildman–Crippen MR) is 123 cm³/mol. The number of rotatable bonds is 5. The van der Waals surface area contributed by atoms with E-state index in [1.54, 1.807) is 0 Å². The highest BCUT2D eigenvalue weighted by Crippen LogP contribution is 2.44. The Hall–Kier alpha value is -4.25. The minimum atomic E-state index is -4.65. The summed E-state index contributed by atoms with van der Waals surface area (Å²) < 4.78 is 43.9. The topological polar surface area (TPSA) is 75.6 Å². The zero-order chi connectivity index (χ0) is 25.0. The van der Waals surface area contributed by atoms with Crippen LogP contribution < -0.4 is 5.32 Å². The number of halogens is 3. The van der Waals surface area contributed by atoms with Crippen molar-refractivity contribution in [2.45, 2.75) is 18.5 Å². The van der Waals surface area contributed by atoms with E-state index in [4.69, 9.17) is 4.74 Å². The second-order valence-corrected chi connectivity index (χ2v) is 7.87. The van der Waals surface area contributed by atoms with Gasteiger partial charge in [-0.15, -0.1) is 0 Å². The van der Waals surface area contributed by atoms with E-state index in [0.29, 0.717) is 6.07 Å². The van der Waals surface area contributed by atoms with Gasteiger partial charge < -0.3 is 15.2 Å². The van der Waals surface area contributed by atoms with Crippen LogP contribution in [0.5, 0.6) is 0 Å². The fourth-order valence-electron chi connectivity index (χ4n) is 4.04. The van der Waals surface area contributed by atoms with Crippen LogP contribution in [0.1, 0.15) is 45.0 Å². The van der Waals surface area contributed by atoms with Gasteiger partial charge in [-0.25, -0.2) is 9.59 Å². The maximum Gasteiger partial charge on any atom is 0.416 e. The van der Waals surface area contributed by atoms with E-state index in [1.807, 2.05) is 48.5 Å². The molecule has 0 saturated carbocycles. The molecule has 0 unspecified atom stereocenters. The molecule has 0 bridgehead atoms. The Morgan fingerprint density at radius 3 is 2.20 bits per heavy atom. The molecular weight excluding hydrogens is 459 g/mol. The molecule has 0 fully saturated rings. The van der Waals surface area contributed by atoms with Crippen LogP contribution in [0.2, 0.25) is 0 Å². The highest BCUT2D eigenvalue weighted by molar-refractivity contribution is 5.91. The molecule has 0 radical (unpaired) electrons. The van der Waals surface area contributed by atoms with Crippen LogP contribution in [0.15, 0.2) is 66.7 Å². The third-order valence-electron chi connectivity index (χ3n) is 5.66. The average molecular weight is 479 g/mol. The van der Waals surface area contributed by atoms with Gasteiger partial charge in [0, 0.05) is 24.4 Å². The third-order valence-corrected chi connectivity index (χ3v) is 5.66. The van der Waals surface area contributed by atoms with E-state index >= 15 is 0 Å². The number of aromatic carboxylic acids is 1. The van der Waals surface area contributed by atoms with E-state index in [-0.39, 0.29) is 31.1 Å². The summed E-state index contributed by atoms with van der Waals surface area (Å²) >= 11 is 0. The Morgan fingerprint density at radius 1 is 0.971 bits per heavy atom. The second-order valence-electron chi connectivity index (χ2n) is 7.87. The lowest BCUT2D eigenvalue weighted by atomic mass is 9.98. The highest BCUT2D eigenvalue weighted by Gasteiger charge is 2.32. The molecule has 0 aliphatic heterocycles. The lowest BCUT2D eigenvalue weighted by Crippen LogP contribution is -2.26. The summed E-state index contributed by atoms with van der Waals surface area (Å²) in [5.74, 6) is 3.65. The summed E-state index contributed by atoms with van der Waals surface area (Å²) in [6, 6.07) is 18.3. The van der Waals surface area contributed by atoms with Crippen LogP contribution in [0, 0.1) is 11.8 Å². The van der Waals surface area contributed by atoms with E-state index in [1.165, 1.54) is 0 Å². The van der Waals surface area contributed by atoms with Gasteiger partial charge in [0.25, 0.3) is 0 Å². The number of alkyl carbamates (subject to hydrolysis) is 1. The molecule has 35 heavy (non-hydrogen) atoms. The van der Waals surface area contributed by atoms with Crippen molar-refractivity contribution < 1.29 is 32.6 Å². The van der Waals surface area contributed by atoms with Crippen molar-refractivity contribution in [3.05, 3.63) is 94.5 Å². The summed E-state index contributed by atoms with van der Waals surface area (Å²) in [4.78, 5) is 23.5. The van der Waals surface area contributed by atoms with Crippen molar-refractivity contribution in [2.24, 2.45) is 0 Å². The minimum Gasteiger partial charge on any atom is -0.478 e. The molecule has 1 aliphatic carbocycles. The molecule has 178 valence electrons. The van der Waals surface area contributed by atoms with Crippen molar-refractivity contribution in [1.29, 1.82) is 0 Å². The number of amides is 1. The van der Waals surface area contributed by atoms with Crippen LogP contribution >= 0.6 is 0 Å². The van der Waals surface area contributed by atoms with Crippen molar-refractivity contribution in [3.8, 4) is 23.0 Å². The fraction of sp³-hybridized carbons (Fsp3) is 0.185. The van der Waals surface area contributed by atoms with E-state index in [0.717, 1.165) is 34.4 Å². The predicted octanol–water partition coefficient (Wildman–Crippen LogP) is 5.68. The first kappa shape index (κ1) is 23.9. The zero-order valence-electron chi connectivity index (χ0n) is 18.4. The first-order valence-corrected chi connectivity index (χ1v) is 10.8. The first-order chi connectivity index (χ1) is 16.8. The Kier molecular flexibility index (Phi) is 6.78. The molecule has 0 heterocycles. The van der Waals surface area contributed by atoms with Gasteiger partial charge >= 0.3 is 18.2 Å². The molecular formula is C27H20F3NO4. The highest BCUT2D eigenvalue weighted by atomic mass is 19.4. The summed E-state index contributed by atoms with van der Waals surface area (Å²) in [5.41, 5.74) is 2.81. The monoisotopic (exact) mass is 479 g/mol. The van der Waals surface area contributed by atoms with Gasteiger partial charge in [-0.3, -0.25) is 0 Å². The van der Waals surface area contributed by atoms with Gasteiger partial charge in [-0.05, 0) is 40.5 Å². The molecule has 0 spiro atoms. The Bertz CT molecular complexity index is 1290. The molecule has 0 saturated heterocycles. The lowest BCUT2D eigenvalue weighted by Gasteiger charge is -2.14. The van der Waals surface area contributed by atoms with E-state index in [9.17, 15) is 27.9 Å². The number of benzene rings is 3. The van der Waals surface area contributed by atoms with Crippen molar-refractivity contribution >= 4 is 12.1 Å². The minimum absolute atomic E-state index is 0.0355. The number of nitrogens with one attached hydrogen (secondary N) is 1. The molecule has 2 N–H and O–H groups in total. The average Bonchev–Trinajstić information content (AvgIpc) is 3.15. The largest absolute Gasteiger partial charge is 0.478 e. The van der Waals surface area contributed by atoms with Gasteiger partial charge in [0.2, 0.25) is 0 Å². The van der Waals surface area contributed by atoms with Crippen molar-refractivity contribution in [1.82, 2.24) is 5.32 Å². The number of ether oxygens (including phenoxy) is 1. The van der Waals surface area contributed by atoms with Crippen molar-refractivity contribution in [2.75, 3.05) is 13.2 Å². The summed E-state index contributed by atoms with van der Waals surface area (Å²) in [7, 11) is 0. The van der Waals surface area contributed by atoms with Crippen LogP contribution in [0.3, 0.4) is 0 Å².